The quantitative estimate of drug-likeness (QED) is 0.0860. The van der Waals surface area contributed by atoms with Gasteiger partial charge in [-0.15, -0.1) is 18.3 Å². The predicted octanol–water partition coefficient (Wildman–Crippen LogP) is 6.22. The van der Waals surface area contributed by atoms with Crippen molar-refractivity contribution in [2.75, 3.05) is 32.8 Å². The fraction of sp³-hybridized carbons (Fsp3) is 0.386. The van der Waals surface area contributed by atoms with Gasteiger partial charge in [0.2, 0.25) is 6.79 Å². The minimum atomic E-state index is -5.31. The van der Waals surface area contributed by atoms with Crippen molar-refractivity contribution < 1.29 is 61.1 Å². The van der Waals surface area contributed by atoms with Gasteiger partial charge in [-0.1, -0.05) is 42.5 Å². The number of piperazine rings is 1. The molecule has 1 amide bonds. The van der Waals surface area contributed by atoms with E-state index in [1.807, 2.05) is 53.5 Å². The number of hydrogen-bond acceptors (Lipinski definition) is 14. The summed E-state index contributed by atoms with van der Waals surface area (Å²) in [7, 11) is 1.46. The molecule has 14 nitrogen and oxygen atoms in total. The minimum absolute atomic E-state index is 0.105. The minimum Gasteiger partial charge on any atom is -0.493 e. The molecule has 0 aromatic heterocycles. The number of cyclic esters (lactones) is 1. The molecule has 3 aromatic carbocycles. The van der Waals surface area contributed by atoms with E-state index in [1.54, 1.807) is 19.1 Å². The summed E-state index contributed by atoms with van der Waals surface area (Å²) in [6, 6.07) is 7.75. The smallest absolute Gasteiger partial charge is 0.471 e. The largest absolute Gasteiger partial charge is 0.493 e. The van der Waals surface area contributed by atoms with Crippen LogP contribution < -0.4 is 29.0 Å². The number of aliphatic hydroxyl groups excluding tert-OH is 1. The Morgan fingerprint density at radius 2 is 1.82 bits per heavy atom. The van der Waals surface area contributed by atoms with Gasteiger partial charge in [-0.25, -0.2) is 4.79 Å². The lowest BCUT2D eigenvalue weighted by atomic mass is 9.71. The third-order valence-electron chi connectivity index (χ3n) is 11.7. The Kier molecular flexibility index (Phi) is 11.4. The van der Waals surface area contributed by atoms with Crippen LogP contribution in [-0.2, 0) is 25.5 Å². The fourth-order valence-electron chi connectivity index (χ4n) is 9.45. The van der Waals surface area contributed by atoms with E-state index < -0.39 is 83.8 Å². The van der Waals surface area contributed by atoms with Crippen molar-refractivity contribution in [3.8, 4) is 34.8 Å². The second-order valence-corrected chi connectivity index (χ2v) is 16.5. The molecule has 0 radical (unpaired) electrons. The number of nitrogens with one attached hydrogen (secondary N) is 1. The topological polar surface area (TPSA) is 169 Å². The number of halogens is 3. The average Bonchev–Trinajstić information content (AvgIpc) is 3.73. The number of esters is 2. The van der Waals surface area contributed by atoms with Crippen LogP contribution in [0.4, 0.5) is 13.2 Å². The first kappa shape index (κ1) is 42.6. The molecular formula is C44H41F3N4O10S. The molecule has 324 valence electrons. The van der Waals surface area contributed by atoms with Gasteiger partial charge in [-0.3, -0.25) is 19.4 Å². The van der Waals surface area contributed by atoms with E-state index in [0.717, 1.165) is 22.9 Å². The highest BCUT2D eigenvalue weighted by molar-refractivity contribution is 7.99. The number of amides is 1. The summed E-state index contributed by atoms with van der Waals surface area (Å²) in [5.41, 5.74) is 6.78. The second kappa shape index (κ2) is 16.6. The molecule has 0 aliphatic carbocycles. The summed E-state index contributed by atoms with van der Waals surface area (Å²) in [6.07, 6.45) is -1.76. The van der Waals surface area contributed by atoms with Crippen molar-refractivity contribution in [3.63, 3.8) is 0 Å². The van der Waals surface area contributed by atoms with Crippen LogP contribution in [0.3, 0.4) is 0 Å². The number of carbonyl (C=O) groups is 3. The van der Waals surface area contributed by atoms with Crippen LogP contribution in [0.2, 0.25) is 0 Å². The Labute approximate surface area is 358 Å². The predicted molar refractivity (Wildman–Crippen MR) is 217 cm³/mol. The maximum atomic E-state index is 13.7. The number of ether oxygens (including phenoxy) is 6. The van der Waals surface area contributed by atoms with E-state index in [1.165, 1.54) is 14.0 Å². The molecule has 2 N–H and O–H groups in total. The summed E-state index contributed by atoms with van der Waals surface area (Å²) in [5.74, 6) is -4.04. The van der Waals surface area contributed by atoms with Crippen LogP contribution in [0.15, 0.2) is 60.7 Å². The summed E-state index contributed by atoms with van der Waals surface area (Å²) >= 11 is 1.02. The number of aryl methyl sites for hydroxylation is 1. The van der Waals surface area contributed by atoms with E-state index in [-0.39, 0.29) is 36.3 Å². The first-order valence-corrected chi connectivity index (χ1v) is 20.7. The van der Waals surface area contributed by atoms with Crippen LogP contribution in [0.25, 0.3) is 6.08 Å². The Bertz CT molecular complexity index is 2470. The molecule has 2 saturated heterocycles. The Hall–Kier alpha value is -6.12. The maximum Gasteiger partial charge on any atom is 0.471 e. The van der Waals surface area contributed by atoms with Crippen LogP contribution in [0.1, 0.15) is 63.2 Å². The van der Waals surface area contributed by atoms with Gasteiger partial charge in [0.05, 0.1) is 30.5 Å². The number of nitrogens with zero attached hydrogens (tertiary/aromatic N) is 3. The molecule has 0 spiro atoms. The summed E-state index contributed by atoms with van der Waals surface area (Å²) in [6.45, 7) is 8.29. The summed E-state index contributed by atoms with van der Waals surface area (Å²) in [4.78, 5) is 43.0. The van der Waals surface area contributed by atoms with Gasteiger partial charge in [0.15, 0.2) is 23.0 Å². The SMILES string of the molecule is C=CCN1C2c3c(cc(C)c(OC)c3OC(O)=C=Cc3ccccc3)CC1[C@H](C#N)N1[C@H]2[C@@H]2SCC(NC(=O)C(F)(F)F)C(=O)OC[C@H]1c1c3c(c(C)c(OC(C)=O)c12)OCO3. The monoisotopic (exact) mass is 874 g/mol. The molecule has 4 bridgehead atoms. The molecule has 3 aromatic rings. The second-order valence-electron chi connectivity index (χ2n) is 15.3. The molecule has 7 atom stereocenters. The highest BCUT2D eigenvalue weighted by Crippen LogP contribution is 2.64. The van der Waals surface area contributed by atoms with E-state index in [0.29, 0.717) is 40.0 Å². The average molecular weight is 875 g/mol. The maximum absolute atomic E-state index is 13.7. The zero-order valence-electron chi connectivity index (χ0n) is 33.9. The highest BCUT2D eigenvalue weighted by atomic mass is 32.2. The van der Waals surface area contributed by atoms with Crippen molar-refractivity contribution in [2.45, 2.75) is 74.9 Å². The third kappa shape index (κ3) is 7.28. The Balaban J connectivity index is 1.40. The standard InChI is InChI=1S/C44H41F3N4O10S/c1-6-14-50-27-16-25-15-21(2)36(56-5)40(61-30(53)13-12-24-10-8-7-9-11-24)31(25)34(50)35-41-33-32(39-38(58-20-59-39)22(3)37(33)60-23(4)52)29(51(35)28(27)17-48)18-57-42(54)26(19-62-41)49-43(55)44(45,46)47/h6-12,15,26-29,34-35,41,53H,1,14,16,18-20H2,2-5H3,(H,49,55)/t13?,26?,27?,28-,29-,34?,35+,41+/m0/s1. The number of nitriles is 1. The number of fused-ring (bicyclic) bond motifs is 9. The van der Waals surface area contributed by atoms with E-state index in [9.17, 15) is 37.9 Å². The summed E-state index contributed by atoms with van der Waals surface area (Å²) in [5, 5.41) is 23.5. The fourth-order valence-corrected chi connectivity index (χ4v) is 11.0. The molecule has 0 saturated carbocycles. The number of methoxy groups -OCH3 is 1. The lowest BCUT2D eigenvalue weighted by molar-refractivity contribution is -0.176. The molecule has 5 aliphatic heterocycles. The van der Waals surface area contributed by atoms with Gasteiger partial charge < -0.3 is 38.8 Å². The van der Waals surface area contributed by atoms with E-state index in [4.69, 9.17) is 28.4 Å². The van der Waals surface area contributed by atoms with Crippen LogP contribution in [-0.4, -0.2) is 95.9 Å². The molecular weight excluding hydrogens is 834 g/mol. The number of alkyl halides is 3. The third-order valence-corrected chi connectivity index (χ3v) is 13.1. The highest BCUT2D eigenvalue weighted by Gasteiger charge is 2.61. The number of hydrogen-bond donors (Lipinski definition) is 2. The number of thioether (sulfide) groups is 1. The van der Waals surface area contributed by atoms with Crippen molar-refractivity contribution >= 4 is 35.7 Å². The number of benzene rings is 3. The molecule has 5 heterocycles. The molecule has 3 unspecified atom stereocenters. The molecule has 8 rings (SSSR count). The molecule has 18 heteroatoms. The van der Waals surface area contributed by atoms with Gasteiger partial charge in [-0.05, 0) is 48.8 Å². The van der Waals surface area contributed by atoms with Gasteiger partial charge in [-0.2, -0.15) is 18.4 Å². The first-order chi connectivity index (χ1) is 29.7. The lowest BCUT2D eigenvalue weighted by Crippen LogP contribution is -2.70. The zero-order valence-corrected chi connectivity index (χ0v) is 34.7. The summed E-state index contributed by atoms with van der Waals surface area (Å²) < 4.78 is 77.1. The Morgan fingerprint density at radius 3 is 2.50 bits per heavy atom. The molecule has 62 heavy (non-hydrogen) atoms. The molecule has 5 aliphatic rings. The van der Waals surface area contributed by atoms with Crippen molar-refractivity contribution in [2.24, 2.45) is 0 Å². The van der Waals surface area contributed by atoms with Gasteiger partial charge in [0, 0.05) is 53.6 Å². The Morgan fingerprint density at radius 1 is 1.08 bits per heavy atom. The number of rotatable bonds is 8. The normalized spacial score (nSPS) is 24.7. The number of aliphatic hydroxyl groups is 1. The van der Waals surface area contributed by atoms with Gasteiger partial charge in [0.1, 0.15) is 24.4 Å². The van der Waals surface area contributed by atoms with E-state index >= 15 is 0 Å². The van der Waals surface area contributed by atoms with Gasteiger partial charge >= 0.3 is 30.0 Å². The van der Waals surface area contributed by atoms with Crippen molar-refractivity contribution in [3.05, 3.63) is 99.7 Å². The first-order valence-electron chi connectivity index (χ1n) is 19.6. The van der Waals surface area contributed by atoms with Crippen molar-refractivity contribution in [1.82, 2.24) is 15.1 Å². The van der Waals surface area contributed by atoms with Crippen molar-refractivity contribution in [1.29, 1.82) is 5.26 Å². The van der Waals surface area contributed by atoms with E-state index in [2.05, 4.69) is 23.3 Å². The van der Waals surface area contributed by atoms with Crippen LogP contribution >= 0.6 is 11.8 Å². The molecule has 2 fully saturated rings. The van der Waals surface area contributed by atoms with Crippen LogP contribution in [0.5, 0.6) is 28.7 Å². The number of carbonyl (C=O) groups excluding carboxylic acids is 3. The lowest BCUT2D eigenvalue weighted by Gasteiger charge is -2.62. The zero-order chi connectivity index (χ0) is 44.2. The van der Waals surface area contributed by atoms with Crippen LogP contribution in [0, 0.1) is 25.2 Å². The van der Waals surface area contributed by atoms with Gasteiger partial charge in [0.25, 0.3) is 0 Å².